The molecular weight excluding hydrogens is 246 g/mol. The minimum Gasteiger partial charge on any atom is -0.313 e. The fourth-order valence-electron chi connectivity index (χ4n) is 1.40. The topological polar surface area (TPSA) is 12.0 Å². The van der Waals surface area contributed by atoms with Gasteiger partial charge in [-0.1, -0.05) is 13.8 Å². The first kappa shape index (κ1) is 11.2. The quantitative estimate of drug-likeness (QED) is 0.869. The molecule has 0 amide bonds. The smallest absolute Gasteiger partial charge is 0.0701 e. The van der Waals surface area contributed by atoms with Gasteiger partial charge in [0, 0.05) is 6.04 Å². The van der Waals surface area contributed by atoms with Gasteiger partial charge in [0.1, 0.15) is 0 Å². The van der Waals surface area contributed by atoms with E-state index in [1.165, 1.54) is 15.8 Å². The third kappa shape index (κ3) is 3.41. The van der Waals surface area contributed by atoms with E-state index >= 15 is 0 Å². The zero-order valence-electron chi connectivity index (χ0n) is 8.30. The van der Waals surface area contributed by atoms with Gasteiger partial charge in [-0.15, -0.1) is 11.3 Å². The van der Waals surface area contributed by atoms with Gasteiger partial charge in [-0.05, 0) is 52.3 Å². The summed E-state index contributed by atoms with van der Waals surface area (Å²) in [5.41, 5.74) is 1.40. The average molecular weight is 262 g/mol. The van der Waals surface area contributed by atoms with Gasteiger partial charge >= 0.3 is 0 Å². The summed E-state index contributed by atoms with van der Waals surface area (Å²) in [6, 6.07) is 2.70. The van der Waals surface area contributed by atoms with Crippen molar-refractivity contribution in [1.29, 1.82) is 0 Å². The largest absolute Gasteiger partial charge is 0.313 e. The third-order valence-electron chi connectivity index (χ3n) is 2.05. The van der Waals surface area contributed by atoms with Crippen LogP contribution in [0.2, 0.25) is 0 Å². The fourth-order valence-corrected chi connectivity index (χ4v) is 2.63. The van der Waals surface area contributed by atoms with E-state index in [1.807, 2.05) is 7.05 Å². The Bertz CT molecular complexity index is 257. The summed E-state index contributed by atoms with van der Waals surface area (Å²) in [5, 5.41) is 5.56. The summed E-state index contributed by atoms with van der Waals surface area (Å²) in [6.07, 6.45) is 1.19. The van der Waals surface area contributed by atoms with Crippen LogP contribution >= 0.6 is 27.3 Å². The van der Waals surface area contributed by atoms with Gasteiger partial charge in [0.05, 0.1) is 3.79 Å². The first-order valence-corrected chi connectivity index (χ1v) is 6.22. The van der Waals surface area contributed by atoms with Crippen LogP contribution in [0.3, 0.4) is 0 Å². The van der Waals surface area contributed by atoms with Gasteiger partial charge in [-0.3, -0.25) is 0 Å². The standard InChI is InChI=1S/C10H16BrNS/c1-7(2)4-9(12-3)8-5-10(11)13-6-8/h5-7,9,12H,4H2,1-3H3. The molecule has 1 aromatic rings. The molecule has 1 nitrogen and oxygen atoms in total. The summed E-state index contributed by atoms with van der Waals surface area (Å²) in [5.74, 6) is 0.733. The molecule has 0 radical (unpaired) electrons. The molecule has 0 saturated carbocycles. The fraction of sp³-hybridized carbons (Fsp3) is 0.600. The van der Waals surface area contributed by atoms with E-state index in [4.69, 9.17) is 0 Å². The van der Waals surface area contributed by atoms with Gasteiger partial charge in [-0.2, -0.15) is 0 Å². The van der Waals surface area contributed by atoms with Crippen molar-refractivity contribution >= 4 is 27.3 Å². The highest BCUT2D eigenvalue weighted by molar-refractivity contribution is 9.11. The minimum absolute atomic E-state index is 0.502. The average Bonchev–Trinajstić information content (AvgIpc) is 2.47. The van der Waals surface area contributed by atoms with E-state index in [-0.39, 0.29) is 0 Å². The summed E-state index contributed by atoms with van der Waals surface area (Å²) in [4.78, 5) is 0. The van der Waals surface area contributed by atoms with Crippen LogP contribution in [-0.2, 0) is 0 Å². The molecule has 0 aliphatic heterocycles. The molecule has 1 unspecified atom stereocenters. The first-order chi connectivity index (χ1) is 6.13. The Balaban J connectivity index is 2.66. The SMILES string of the molecule is CNC(CC(C)C)c1csc(Br)c1. The van der Waals surface area contributed by atoms with Crippen molar-refractivity contribution in [2.45, 2.75) is 26.3 Å². The lowest BCUT2D eigenvalue weighted by atomic mass is 9.99. The monoisotopic (exact) mass is 261 g/mol. The van der Waals surface area contributed by atoms with Crippen molar-refractivity contribution in [3.05, 3.63) is 20.8 Å². The van der Waals surface area contributed by atoms with Gasteiger partial charge in [0.2, 0.25) is 0 Å². The number of halogens is 1. The lowest BCUT2D eigenvalue weighted by molar-refractivity contribution is 0.457. The lowest BCUT2D eigenvalue weighted by Crippen LogP contribution is -2.17. The van der Waals surface area contributed by atoms with Crippen LogP contribution in [0.25, 0.3) is 0 Å². The van der Waals surface area contributed by atoms with Gasteiger partial charge in [-0.25, -0.2) is 0 Å². The Kier molecular flexibility index (Phi) is 4.42. The summed E-state index contributed by atoms with van der Waals surface area (Å²) in [7, 11) is 2.03. The molecule has 13 heavy (non-hydrogen) atoms. The molecule has 0 saturated heterocycles. The molecule has 0 spiro atoms. The Morgan fingerprint density at radius 2 is 2.23 bits per heavy atom. The highest BCUT2D eigenvalue weighted by Crippen LogP contribution is 2.28. The third-order valence-corrected chi connectivity index (χ3v) is 3.57. The van der Waals surface area contributed by atoms with Crippen LogP contribution in [0, 0.1) is 5.92 Å². The number of rotatable bonds is 4. The van der Waals surface area contributed by atoms with Crippen LogP contribution in [-0.4, -0.2) is 7.05 Å². The minimum atomic E-state index is 0.502. The summed E-state index contributed by atoms with van der Waals surface area (Å²) in [6.45, 7) is 4.51. The van der Waals surface area contributed by atoms with Crippen molar-refractivity contribution in [1.82, 2.24) is 5.32 Å². The van der Waals surface area contributed by atoms with Crippen LogP contribution in [0.5, 0.6) is 0 Å². The number of thiophene rings is 1. The van der Waals surface area contributed by atoms with E-state index in [0.29, 0.717) is 6.04 Å². The van der Waals surface area contributed by atoms with Gasteiger partial charge in [0.15, 0.2) is 0 Å². The predicted octanol–water partition coefficient (Wildman–Crippen LogP) is 3.82. The van der Waals surface area contributed by atoms with E-state index in [9.17, 15) is 0 Å². The second kappa shape index (κ2) is 5.13. The van der Waals surface area contributed by atoms with Crippen molar-refractivity contribution in [3.63, 3.8) is 0 Å². The Morgan fingerprint density at radius 1 is 1.54 bits per heavy atom. The molecule has 0 fully saturated rings. The molecule has 1 aromatic heterocycles. The van der Waals surface area contributed by atoms with Crippen LogP contribution in [0.4, 0.5) is 0 Å². The highest BCUT2D eigenvalue weighted by Gasteiger charge is 2.12. The van der Waals surface area contributed by atoms with E-state index in [0.717, 1.165) is 5.92 Å². The maximum absolute atomic E-state index is 3.49. The van der Waals surface area contributed by atoms with Crippen LogP contribution < -0.4 is 5.32 Å². The van der Waals surface area contributed by atoms with Crippen molar-refractivity contribution < 1.29 is 0 Å². The van der Waals surface area contributed by atoms with Crippen LogP contribution in [0.1, 0.15) is 31.9 Å². The van der Waals surface area contributed by atoms with E-state index in [1.54, 1.807) is 11.3 Å². The van der Waals surface area contributed by atoms with E-state index in [2.05, 4.69) is 46.5 Å². The van der Waals surface area contributed by atoms with Gasteiger partial charge < -0.3 is 5.32 Å². The highest BCUT2D eigenvalue weighted by atomic mass is 79.9. The van der Waals surface area contributed by atoms with Crippen molar-refractivity contribution in [2.75, 3.05) is 7.05 Å². The molecular formula is C10H16BrNS. The maximum atomic E-state index is 3.49. The summed E-state index contributed by atoms with van der Waals surface area (Å²) < 4.78 is 1.21. The number of nitrogens with one attached hydrogen (secondary N) is 1. The Morgan fingerprint density at radius 3 is 2.62 bits per heavy atom. The zero-order valence-corrected chi connectivity index (χ0v) is 10.7. The molecule has 0 aromatic carbocycles. The van der Waals surface area contributed by atoms with Crippen LogP contribution in [0.15, 0.2) is 15.2 Å². The first-order valence-electron chi connectivity index (χ1n) is 4.54. The lowest BCUT2D eigenvalue weighted by Gasteiger charge is -2.16. The molecule has 74 valence electrons. The second-order valence-corrected chi connectivity index (χ2v) is 5.95. The Labute approximate surface area is 92.7 Å². The zero-order chi connectivity index (χ0) is 9.84. The molecule has 3 heteroatoms. The van der Waals surface area contributed by atoms with Crippen molar-refractivity contribution in [2.24, 2.45) is 5.92 Å². The summed E-state index contributed by atoms with van der Waals surface area (Å²) >= 11 is 5.24. The molecule has 1 atom stereocenters. The molecule has 1 heterocycles. The second-order valence-electron chi connectivity index (χ2n) is 3.65. The molecule has 1 N–H and O–H groups in total. The molecule has 0 bridgehead atoms. The number of hydrogen-bond acceptors (Lipinski definition) is 2. The Hall–Kier alpha value is 0.140. The molecule has 0 aliphatic rings. The molecule has 1 rings (SSSR count). The van der Waals surface area contributed by atoms with Crippen molar-refractivity contribution in [3.8, 4) is 0 Å². The maximum Gasteiger partial charge on any atom is 0.0701 e. The van der Waals surface area contributed by atoms with E-state index < -0.39 is 0 Å². The number of hydrogen-bond donors (Lipinski definition) is 1. The van der Waals surface area contributed by atoms with Gasteiger partial charge in [0.25, 0.3) is 0 Å². The predicted molar refractivity (Wildman–Crippen MR) is 63.3 cm³/mol. The normalized spacial score (nSPS) is 13.6. The molecule has 0 aliphatic carbocycles.